The molecule has 20 heavy (non-hydrogen) atoms. The number of nitrogens with two attached hydrogens (primary N) is 1. The summed E-state index contributed by atoms with van der Waals surface area (Å²) in [6.07, 6.45) is 5.22. The number of rotatable bonds is 4. The Morgan fingerprint density at radius 2 is 1.95 bits per heavy atom. The van der Waals surface area contributed by atoms with Crippen molar-refractivity contribution in [2.45, 2.75) is 44.2 Å². The standard InChI is InChI=1S/C15H22FN3O/c16-12-8-6-11(7-9-12)14(20)10-18-15(17)19-13-4-2-1-3-5-13/h6-9,13-14,20H,1-5,10H2,(H3,17,18,19). The molecule has 1 unspecified atom stereocenters. The second kappa shape index (κ2) is 7.24. The number of nitrogens with zero attached hydrogens (tertiary/aromatic N) is 1. The Labute approximate surface area is 118 Å². The van der Waals surface area contributed by atoms with Gasteiger partial charge >= 0.3 is 0 Å². The van der Waals surface area contributed by atoms with E-state index in [1.807, 2.05) is 0 Å². The van der Waals surface area contributed by atoms with Crippen LogP contribution in [-0.2, 0) is 0 Å². The van der Waals surface area contributed by atoms with Gasteiger partial charge in [0.25, 0.3) is 0 Å². The maximum Gasteiger partial charge on any atom is 0.188 e. The molecule has 110 valence electrons. The van der Waals surface area contributed by atoms with Gasteiger partial charge in [0.2, 0.25) is 0 Å². The molecule has 2 rings (SSSR count). The van der Waals surface area contributed by atoms with E-state index in [2.05, 4.69) is 10.3 Å². The Morgan fingerprint density at radius 1 is 1.30 bits per heavy atom. The number of guanidine groups is 1. The SMILES string of the molecule is NC(=NCC(O)c1ccc(F)cc1)NC1CCCCC1. The van der Waals surface area contributed by atoms with Crippen molar-refractivity contribution in [1.29, 1.82) is 0 Å². The van der Waals surface area contributed by atoms with Crippen molar-refractivity contribution in [2.75, 3.05) is 6.54 Å². The quantitative estimate of drug-likeness (QED) is 0.584. The van der Waals surface area contributed by atoms with Gasteiger partial charge in [0, 0.05) is 6.04 Å². The first-order chi connectivity index (χ1) is 9.65. The van der Waals surface area contributed by atoms with E-state index in [9.17, 15) is 9.50 Å². The third kappa shape index (κ3) is 4.49. The fraction of sp³-hybridized carbons (Fsp3) is 0.533. The first kappa shape index (κ1) is 14.8. The van der Waals surface area contributed by atoms with Gasteiger partial charge in [-0.2, -0.15) is 0 Å². The Kier molecular flexibility index (Phi) is 5.35. The normalized spacial score (nSPS) is 18.8. The molecule has 4 nitrogen and oxygen atoms in total. The van der Waals surface area contributed by atoms with Crippen LogP contribution in [0.4, 0.5) is 4.39 Å². The molecular weight excluding hydrogens is 257 g/mol. The fourth-order valence-electron chi connectivity index (χ4n) is 2.48. The minimum absolute atomic E-state index is 0.178. The van der Waals surface area contributed by atoms with E-state index in [0.29, 0.717) is 17.6 Å². The molecule has 0 radical (unpaired) electrons. The van der Waals surface area contributed by atoms with E-state index in [-0.39, 0.29) is 12.4 Å². The zero-order valence-corrected chi connectivity index (χ0v) is 11.6. The molecule has 0 heterocycles. The molecule has 1 aliphatic rings. The van der Waals surface area contributed by atoms with Crippen LogP contribution in [0.25, 0.3) is 0 Å². The molecule has 0 aromatic heterocycles. The van der Waals surface area contributed by atoms with E-state index in [4.69, 9.17) is 5.73 Å². The molecule has 0 spiro atoms. The molecule has 1 saturated carbocycles. The van der Waals surface area contributed by atoms with Crippen molar-refractivity contribution in [1.82, 2.24) is 5.32 Å². The van der Waals surface area contributed by atoms with Gasteiger partial charge in [-0.25, -0.2) is 4.39 Å². The highest BCUT2D eigenvalue weighted by Crippen LogP contribution is 2.17. The van der Waals surface area contributed by atoms with E-state index in [1.54, 1.807) is 12.1 Å². The number of halogens is 1. The maximum absolute atomic E-state index is 12.8. The molecule has 0 aliphatic heterocycles. The molecule has 1 aliphatic carbocycles. The fourth-order valence-corrected chi connectivity index (χ4v) is 2.48. The monoisotopic (exact) mass is 279 g/mol. The van der Waals surface area contributed by atoms with Gasteiger partial charge in [0.05, 0.1) is 12.6 Å². The second-order valence-corrected chi connectivity index (χ2v) is 5.27. The third-order valence-electron chi connectivity index (χ3n) is 3.65. The molecule has 5 heteroatoms. The number of aliphatic hydroxyl groups is 1. The summed E-state index contributed by atoms with van der Waals surface area (Å²) in [7, 11) is 0. The van der Waals surface area contributed by atoms with Crippen LogP contribution in [0.2, 0.25) is 0 Å². The van der Waals surface area contributed by atoms with Crippen LogP contribution in [0.15, 0.2) is 29.3 Å². The topological polar surface area (TPSA) is 70.6 Å². The van der Waals surface area contributed by atoms with Crippen molar-refractivity contribution >= 4 is 5.96 Å². The lowest BCUT2D eigenvalue weighted by molar-refractivity contribution is 0.187. The van der Waals surface area contributed by atoms with Crippen LogP contribution in [0.5, 0.6) is 0 Å². The van der Waals surface area contributed by atoms with Crippen LogP contribution in [0, 0.1) is 5.82 Å². The van der Waals surface area contributed by atoms with Crippen molar-refractivity contribution in [2.24, 2.45) is 10.7 Å². The molecule has 1 aromatic rings. The summed E-state index contributed by atoms with van der Waals surface area (Å²) < 4.78 is 12.8. The summed E-state index contributed by atoms with van der Waals surface area (Å²) in [4.78, 5) is 4.16. The Balaban J connectivity index is 1.82. The van der Waals surface area contributed by atoms with Crippen LogP contribution in [-0.4, -0.2) is 23.7 Å². The van der Waals surface area contributed by atoms with Crippen LogP contribution in [0.3, 0.4) is 0 Å². The van der Waals surface area contributed by atoms with Crippen molar-refractivity contribution in [3.63, 3.8) is 0 Å². The molecule has 1 fully saturated rings. The van der Waals surface area contributed by atoms with E-state index in [0.717, 1.165) is 12.8 Å². The van der Waals surface area contributed by atoms with Crippen molar-refractivity contribution in [3.05, 3.63) is 35.6 Å². The second-order valence-electron chi connectivity index (χ2n) is 5.27. The van der Waals surface area contributed by atoms with Gasteiger partial charge in [-0.15, -0.1) is 0 Å². The van der Waals surface area contributed by atoms with Crippen LogP contribution < -0.4 is 11.1 Å². The van der Waals surface area contributed by atoms with E-state index >= 15 is 0 Å². The Bertz CT molecular complexity index is 441. The highest BCUT2D eigenvalue weighted by atomic mass is 19.1. The molecule has 1 aromatic carbocycles. The number of aliphatic imine (C=N–C) groups is 1. The maximum atomic E-state index is 12.8. The van der Waals surface area contributed by atoms with Gasteiger partial charge in [0.15, 0.2) is 5.96 Å². The molecule has 0 saturated heterocycles. The molecule has 0 bridgehead atoms. The van der Waals surface area contributed by atoms with Gasteiger partial charge in [-0.05, 0) is 30.5 Å². The molecular formula is C15H22FN3O. The molecule has 4 N–H and O–H groups in total. The zero-order valence-electron chi connectivity index (χ0n) is 11.6. The van der Waals surface area contributed by atoms with Crippen LogP contribution >= 0.6 is 0 Å². The van der Waals surface area contributed by atoms with Gasteiger partial charge in [-0.1, -0.05) is 31.4 Å². The smallest absolute Gasteiger partial charge is 0.188 e. The van der Waals surface area contributed by atoms with Gasteiger partial charge < -0.3 is 16.2 Å². The lowest BCUT2D eigenvalue weighted by atomic mass is 9.96. The van der Waals surface area contributed by atoms with Crippen molar-refractivity contribution < 1.29 is 9.50 Å². The number of aliphatic hydroxyl groups excluding tert-OH is 1. The van der Waals surface area contributed by atoms with Crippen LogP contribution in [0.1, 0.15) is 43.8 Å². The third-order valence-corrected chi connectivity index (χ3v) is 3.65. The molecule has 0 amide bonds. The van der Waals surface area contributed by atoms with E-state index < -0.39 is 6.10 Å². The Morgan fingerprint density at radius 3 is 2.60 bits per heavy atom. The predicted molar refractivity (Wildman–Crippen MR) is 77.9 cm³/mol. The number of hydrogen-bond acceptors (Lipinski definition) is 2. The minimum Gasteiger partial charge on any atom is -0.386 e. The zero-order chi connectivity index (χ0) is 14.4. The van der Waals surface area contributed by atoms with Crippen molar-refractivity contribution in [3.8, 4) is 0 Å². The largest absolute Gasteiger partial charge is 0.386 e. The summed E-state index contributed by atoms with van der Waals surface area (Å²) >= 11 is 0. The lowest BCUT2D eigenvalue weighted by Crippen LogP contribution is -2.41. The number of nitrogens with one attached hydrogen (secondary N) is 1. The number of hydrogen-bond donors (Lipinski definition) is 3. The number of benzene rings is 1. The molecule has 1 atom stereocenters. The lowest BCUT2D eigenvalue weighted by Gasteiger charge is -2.23. The van der Waals surface area contributed by atoms with Gasteiger partial charge in [-0.3, -0.25) is 4.99 Å². The predicted octanol–water partition coefficient (Wildman–Crippen LogP) is 2.10. The summed E-state index contributed by atoms with van der Waals surface area (Å²) in [6.45, 7) is 0.178. The Hall–Kier alpha value is -1.62. The highest BCUT2D eigenvalue weighted by Gasteiger charge is 2.13. The highest BCUT2D eigenvalue weighted by molar-refractivity contribution is 5.78. The first-order valence-corrected chi connectivity index (χ1v) is 7.15. The summed E-state index contributed by atoms with van der Waals surface area (Å²) in [6, 6.07) is 6.16. The summed E-state index contributed by atoms with van der Waals surface area (Å²) in [5.74, 6) is 0.0565. The minimum atomic E-state index is -0.762. The van der Waals surface area contributed by atoms with E-state index in [1.165, 1.54) is 31.4 Å². The summed E-state index contributed by atoms with van der Waals surface area (Å²) in [5, 5.41) is 13.1. The van der Waals surface area contributed by atoms with Gasteiger partial charge in [0.1, 0.15) is 5.82 Å². The average molecular weight is 279 g/mol. The average Bonchev–Trinajstić information content (AvgIpc) is 2.46. The first-order valence-electron chi connectivity index (χ1n) is 7.15. The summed E-state index contributed by atoms with van der Waals surface area (Å²) in [5.41, 5.74) is 6.46.